The Balaban J connectivity index is 1.69. The molecule has 2 aromatic carbocycles. The standard InChI is InChI=1S/C24H25ClN4O3/c1-14-6-7-15(2)21(10-14)29-16(3)11-18(17(29)4)13-26-28-24(31)23(30)27-19-8-9-22(32-5)20(25)12-19/h6-13H,1-5H3,(H,27,30)(H,28,31)/b26-13-. The molecule has 0 aliphatic rings. The van der Waals surface area contributed by atoms with Gasteiger partial charge in [0, 0.05) is 28.3 Å². The lowest BCUT2D eigenvalue weighted by Crippen LogP contribution is -2.32. The molecule has 8 heteroatoms. The fourth-order valence-corrected chi connectivity index (χ4v) is 3.65. The van der Waals surface area contributed by atoms with Gasteiger partial charge in [-0.25, -0.2) is 5.43 Å². The molecule has 7 nitrogen and oxygen atoms in total. The van der Waals surface area contributed by atoms with Crippen LogP contribution in [0.25, 0.3) is 5.69 Å². The van der Waals surface area contributed by atoms with E-state index in [4.69, 9.17) is 16.3 Å². The van der Waals surface area contributed by atoms with E-state index in [1.807, 2.05) is 19.9 Å². The molecule has 0 spiro atoms. The van der Waals surface area contributed by atoms with Gasteiger partial charge in [-0.05, 0) is 69.2 Å². The predicted octanol–water partition coefficient (Wildman–Crippen LogP) is 4.46. The lowest BCUT2D eigenvalue weighted by atomic mass is 10.1. The second kappa shape index (κ2) is 9.70. The first-order valence-electron chi connectivity index (χ1n) is 9.95. The number of hydrogen-bond donors (Lipinski definition) is 2. The average Bonchev–Trinajstić information content (AvgIpc) is 3.03. The van der Waals surface area contributed by atoms with Crippen LogP contribution in [0.1, 0.15) is 28.1 Å². The number of ether oxygens (including phenoxy) is 1. The first-order chi connectivity index (χ1) is 15.2. The van der Waals surface area contributed by atoms with Gasteiger partial charge in [0.1, 0.15) is 5.75 Å². The Morgan fingerprint density at radius 3 is 2.47 bits per heavy atom. The monoisotopic (exact) mass is 452 g/mol. The molecule has 32 heavy (non-hydrogen) atoms. The van der Waals surface area contributed by atoms with Crippen molar-refractivity contribution in [1.29, 1.82) is 0 Å². The maximum atomic E-state index is 12.1. The van der Waals surface area contributed by atoms with E-state index in [0.29, 0.717) is 16.5 Å². The fourth-order valence-electron chi connectivity index (χ4n) is 3.39. The zero-order valence-corrected chi connectivity index (χ0v) is 19.4. The molecule has 0 radical (unpaired) electrons. The number of aryl methyl sites for hydroxylation is 3. The zero-order valence-electron chi connectivity index (χ0n) is 18.6. The van der Waals surface area contributed by atoms with Gasteiger partial charge in [-0.3, -0.25) is 9.59 Å². The molecule has 0 aliphatic carbocycles. The van der Waals surface area contributed by atoms with Gasteiger partial charge < -0.3 is 14.6 Å². The number of amides is 2. The van der Waals surface area contributed by atoms with Crippen LogP contribution < -0.4 is 15.5 Å². The number of hydrazone groups is 1. The Hall–Kier alpha value is -3.58. The first-order valence-corrected chi connectivity index (χ1v) is 10.3. The van der Waals surface area contributed by atoms with E-state index in [2.05, 4.69) is 52.5 Å². The molecule has 2 amide bonds. The summed E-state index contributed by atoms with van der Waals surface area (Å²) in [4.78, 5) is 24.2. The van der Waals surface area contributed by atoms with Gasteiger partial charge in [0.2, 0.25) is 0 Å². The van der Waals surface area contributed by atoms with E-state index in [1.54, 1.807) is 12.1 Å². The summed E-state index contributed by atoms with van der Waals surface area (Å²) in [6, 6.07) is 13.0. The second-order valence-electron chi connectivity index (χ2n) is 7.45. The molecule has 166 valence electrons. The van der Waals surface area contributed by atoms with Crippen LogP contribution >= 0.6 is 11.6 Å². The quantitative estimate of drug-likeness (QED) is 0.340. The maximum Gasteiger partial charge on any atom is 0.329 e. The molecule has 1 heterocycles. The van der Waals surface area contributed by atoms with E-state index < -0.39 is 11.8 Å². The van der Waals surface area contributed by atoms with Crippen LogP contribution in [0.2, 0.25) is 5.02 Å². The highest BCUT2D eigenvalue weighted by atomic mass is 35.5. The van der Waals surface area contributed by atoms with Crippen molar-refractivity contribution in [1.82, 2.24) is 9.99 Å². The third-order valence-corrected chi connectivity index (χ3v) is 5.36. The van der Waals surface area contributed by atoms with E-state index in [-0.39, 0.29) is 0 Å². The normalized spacial score (nSPS) is 10.9. The van der Waals surface area contributed by atoms with Crippen LogP contribution in [0.4, 0.5) is 5.69 Å². The molecule has 0 saturated heterocycles. The van der Waals surface area contributed by atoms with Crippen molar-refractivity contribution in [2.45, 2.75) is 27.7 Å². The molecular formula is C24H25ClN4O3. The minimum Gasteiger partial charge on any atom is -0.495 e. The molecule has 3 aromatic rings. The Morgan fingerprint density at radius 2 is 1.78 bits per heavy atom. The number of halogens is 1. The second-order valence-corrected chi connectivity index (χ2v) is 7.86. The van der Waals surface area contributed by atoms with Crippen LogP contribution in [0.5, 0.6) is 5.75 Å². The Labute approximate surface area is 192 Å². The summed E-state index contributed by atoms with van der Waals surface area (Å²) >= 11 is 6.03. The van der Waals surface area contributed by atoms with Crippen molar-refractivity contribution in [3.8, 4) is 11.4 Å². The Morgan fingerprint density at radius 1 is 1.03 bits per heavy atom. The van der Waals surface area contributed by atoms with E-state index >= 15 is 0 Å². The number of aromatic nitrogens is 1. The molecule has 1 aromatic heterocycles. The fraction of sp³-hybridized carbons (Fsp3) is 0.208. The first kappa shape index (κ1) is 23.1. The number of hydrogen-bond acceptors (Lipinski definition) is 4. The summed E-state index contributed by atoms with van der Waals surface area (Å²) in [5, 5.41) is 6.75. The van der Waals surface area contributed by atoms with Gasteiger partial charge in [0.25, 0.3) is 0 Å². The summed E-state index contributed by atoms with van der Waals surface area (Å²) in [7, 11) is 1.49. The third kappa shape index (κ3) is 5.00. The Bertz CT molecular complexity index is 1210. The number of nitrogens with zero attached hydrogens (tertiary/aromatic N) is 2. The number of anilines is 1. The summed E-state index contributed by atoms with van der Waals surface area (Å²) in [6.45, 7) is 8.12. The van der Waals surface area contributed by atoms with Crippen LogP contribution in [-0.4, -0.2) is 29.7 Å². The highest BCUT2D eigenvalue weighted by molar-refractivity contribution is 6.40. The van der Waals surface area contributed by atoms with Crippen molar-refractivity contribution < 1.29 is 14.3 Å². The summed E-state index contributed by atoms with van der Waals surface area (Å²) in [5.41, 5.74) is 8.91. The molecule has 0 unspecified atom stereocenters. The van der Waals surface area contributed by atoms with Crippen molar-refractivity contribution in [2.75, 3.05) is 12.4 Å². The number of nitrogens with one attached hydrogen (secondary N) is 2. The van der Waals surface area contributed by atoms with Crippen molar-refractivity contribution >= 4 is 35.3 Å². The van der Waals surface area contributed by atoms with Gasteiger partial charge in [0.15, 0.2) is 0 Å². The van der Waals surface area contributed by atoms with Crippen molar-refractivity contribution in [3.05, 3.63) is 75.6 Å². The predicted molar refractivity (Wildman–Crippen MR) is 127 cm³/mol. The zero-order chi connectivity index (χ0) is 23.4. The molecule has 0 aliphatic heterocycles. The van der Waals surface area contributed by atoms with E-state index in [9.17, 15) is 9.59 Å². The summed E-state index contributed by atoms with van der Waals surface area (Å²) < 4.78 is 7.21. The number of benzene rings is 2. The number of methoxy groups -OCH3 is 1. The minimum atomic E-state index is -0.892. The third-order valence-electron chi connectivity index (χ3n) is 5.06. The summed E-state index contributed by atoms with van der Waals surface area (Å²) in [6.07, 6.45) is 1.53. The number of carbonyl (C=O) groups is 2. The lowest BCUT2D eigenvalue weighted by molar-refractivity contribution is -0.136. The van der Waals surface area contributed by atoms with E-state index in [1.165, 1.54) is 25.0 Å². The molecule has 0 atom stereocenters. The van der Waals surface area contributed by atoms with Gasteiger partial charge in [-0.2, -0.15) is 5.10 Å². The molecule has 2 N–H and O–H groups in total. The van der Waals surface area contributed by atoms with Crippen LogP contribution in [0.3, 0.4) is 0 Å². The van der Waals surface area contributed by atoms with Gasteiger partial charge in [0.05, 0.1) is 18.3 Å². The highest BCUT2D eigenvalue weighted by Crippen LogP contribution is 2.27. The summed E-state index contributed by atoms with van der Waals surface area (Å²) in [5.74, 6) is -1.28. The molecular weight excluding hydrogens is 428 g/mol. The average molecular weight is 453 g/mol. The van der Waals surface area contributed by atoms with Gasteiger partial charge in [-0.1, -0.05) is 23.7 Å². The molecule has 0 fully saturated rings. The Kier molecular flexibility index (Phi) is 7.00. The van der Waals surface area contributed by atoms with Crippen LogP contribution in [-0.2, 0) is 9.59 Å². The SMILES string of the molecule is COc1ccc(NC(=O)C(=O)N/N=C\c2cc(C)n(-c3cc(C)ccc3C)c2C)cc1Cl. The van der Waals surface area contributed by atoms with E-state index in [0.717, 1.165) is 28.2 Å². The topological polar surface area (TPSA) is 84.7 Å². The van der Waals surface area contributed by atoms with Gasteiger partial charge >= 0.3 is 11.8 Å². The smallest absolute Gasteiger partial charge is 0.329 e. The molecule has 0 bridgehead atoms. The lowest BCUT2D eigenvalue weighted by Gasteiger charge is -2.13. The van der Waals surface area contributed by atoms with Crippen LogP contribution in [0, 0.1) is 27.7 Å². The number of carbonyl (C=O) groups excluding carboxylic acids is 2. The molecule has 3 rings (SSSR count). The van der Waals surface area contributed by atoms with Crippen molar-refractivity contribution in [2.24, 2.45) is 5.10 Å². The number of rotatable bonds is 5. The van der Waals surface area contributed by atoms with Crippen LogP contribution in [0.15, 0.2) is 47.6 Å². The van der Waals surface area contributed by atoms with Crippen molar-refractivity contribution in [3.63, 3.8) is 0 Å². The van der Waals surface area contributed by atoms with Gasteiger partial charge in [-0.15, -0.1) is 0 Å². The maximum absolute atomic E-state index is 12.1. The largest absolute Gasteiger partial charge is 0.495 e. The highest BCUT2D eigenvalue weighted by Gasteiger charge is 2.15. The minimum absolute atomic E-state index is 0.322. The molecule has 0 saturated carbocycles.